The van der Waals surface area contributed by atoms with E-state index >= 15 is 0 Å². The summed E-state index contributed by atoms with van der Waals surface area (Å²) < 4.78 is 44.7. The Kier molecular flexibility index (Phi) is 28.8. The van der Waals surface area contributed by atoms with E-state index in [1.54, 1.807) is 60.7 Å². The molecule has 6 N–H and O–H groups in total. The number of likely N-dealkylation sites (N-methyl/N-ethyl adjacent to an activating group) is 6. The number of hydrogen-bond donors (Lipinski definition) is 6. The van der Waals surface area contributed by atoms with Crippen molar-refractivity contribution in [1.29, 1.82) is 0 Å². The number of nitrogens with one attached hydrogen (secondary N) is 5. The van der Waals surface area contributed by atoms with Gasteiger partial charge < -0.3 is 56.2 Å². The molecule has 0 aromatic rings. The number of amides is 12. The Bertz CT molecular complexity index is 2210. The molecule has 1 heterocycles. The summed E-state index contributed by atoms with van der Waals surface area (Å²) in [6.07, 6.45) is -5.73. The number of nitrogens with zero attached hydrogens (tertiary/aromatic N) is 6. The number of aliphatic hydroxyl groups is 1. The first kappa shape index (κ1) is 72.9. The van der Waals surface area contributed by atoms with Crippen molar-refractivity contribution in [2.75, 3.05) is 48.9 Å². The second kappa shape index (κ2) is 31.9. The van der Waals surface area contributed by atoms with Crippen molar-refractivity contribution in [3.05, 3.63) is 0 Å². The molecule has 0 aliphatic carbocycles. The molecule has 1 saturated heterocycles. The minimum atomic E-state index is -5.46. The number of urea groups is 1. The van der Waals surface area contributed by atoms with E-state index < -0.39 is 150 Å². The van der Waals surface area contributed by atoms with Gasteiger partial charge in [-0.05, 0) is 81.0 Å². The van der Waals surface area contributed by atoms with Gasteiger partial charge in [0.2, 0.25) is 53.3 Å². The Labute approximate surface area is 477 Å². The first-order valence-corrected chi connectivity index (χ1v) is 28.0. The first-order chi connectivity index (χ1) is 37.2. The Morgan fingerprint density at radius 1 is 0.432 bits per heavy atom. The monoisotopic (exact) mass is 1160 g/mol. The standard InChI is InChI=1S/C55H96F3N11O12/c1-21-35-50(77)69(20)54(81)68(19)37(23-29(4)5)45(72)62-42(33(12)13)47(74)63-43(55(56,57)58)48(75)61-36(22-28(2)3)44(71)59-34(14)49(76)64(15)38(24-30(6)7)51(78)65(16)39(25-31(8)9)52(79)66(17)40(26-32(10)11)53(80)67(18)41(27-70)46(73)60-35/h28-43,70H,21-27H2,1-20H3,(H,59,71)(H,60,73)(H,61,75)(H,62,72)(H,63,74)/t34-,35+,36+,37+,38+,39+,40+,41+,42+,43+/m1/s1. The highest BCUT2D eigenvalue weighted by Gasteiger charge is 2.49. The maximum Gasteiger partial charge on any atom is 0.417 e. The molecule has 1 rings (SSSR count). The van der Waals surface area contributed by atoms with Gasteiger partial charge in [-0.3, -0.25) is 52.8 Å². The average molecular weight is 1160 g/mol. The van der Waals surface area contributed by atoms with Crippen LogP contribution in [0.25, 0.3) is 0 Å². The number of rotatable bonds is 13. The maximum atomic E-state index is 14.9. The molecule has 0 radical (unpaired) electrons. The second-order valence-electron chi connectivity index (χ2n) is 24.0. The van der Waals surface area contributed by atoms with Crippen molar-refractivity contribution >= 4 is 65.1 Å². The van der Waals surface area contributed by atoms with E-state index in [-0.39, 0.29) is 62.2 Å². The topological polar surface area (TPSA) is 288 Å². The molecule has 10 atom stereocenters. The molecule has 0 unspecified atom stereocenters. The lowest BCUT2D eigenvalue weighted by Crippen LogP contribution is -2.63. The van der Waals surface area contributed by atoms with E-state index in [1.165, 1.54) is 72.7 Å². The molecule has 23 nitrogen and oxygen atoms in total. The van der Waals surface area contributed by atoms with Gasteiger partial charge in [0.25, 0.3) is 11.8 Å². The fraction of sp³-hybridized carbons (Fsp3) is 0.800. The number of carbonyl (C=O) groups excluding carboxylic acids is 11. The molecule has 0 saturated carbocycles. The molecule has 0 spiro atoms. The Hall–Kier alpha value is -6.08. The number of hydrogen-bond acceptors (Lipinski definition) is 12. The van der Waals surface area contributed by atoms with Crippen LogP contribution in [-0.4, -0.2) is 215 Å². The molecular weight excluding hydrogens is 1060 g/mol. The molecule has 464 valence electrons. The molecule has 1 fully saturated rings. The lowest BCUT2D eigenvalue weighted by molar-refractivity contribution is -0.173. The van der Waals surface area contributed by atoms with Crippen molar-refractivity contribution in [2.24, 2.45) is 35.5 Å². The molecule has 0 bridgehead atoms. The van der Waals surface area contributed by atoms with Gasteiger partial charge in [-0.15, -0.1) is 0 Å². The van der Waals surface area contributed by atoms with Crippen LogP contribution < -0.4 is 26.6 Å². The summed E-state index contributed by atoms with van der Waals surface area (Å²) in [4.78, 5) is 163. The van der Waals surface area contributed by atoms with Gasteiger partial charge >= 0.3 is 12.2 Å². The minimum Gasteiger partial charge on any atom is -0.394 e. The van der Waals surface area contributed by atoms with Gasteiger partial charge in [-0.25, -0.2) is 4.79 Å². The summed E-state index contributed by atoms with van der Waals surface area (Å²) in [6.45, 7) is 22.1. The van der Waals surface area contributed by atoms with Gasteiger partial charge in [0.1, 0.15) is 54.4 Å². The maximum absolute atomic E-state index is 14.9. The van der Waals surface area contributed by atoms with E-state index in [9.17, 15) is 71.0 Å². The predicted octanol–water partition coefficient (Wildman–Crippen LogP) is 2.48. The van der Waals surface area contributed by atoms with Crippen molar-refractivity contribution < 1.29 is 71.0 Å². The van der Waals surface area contributed by atoms with Crippen molar-refractivity contribution in [2.45, 2.75) is 202 Å². The minimum absolute atomic E-state index is 0.0519. The fourth-order valence-corrected chi connectivity index (χ4v) is 9.46. The Morgan fingerprint density at radius 3 is 1.17 bits per heavy atom. The van der Waals surface area contributed by atoms with Crippen LogP contribution in [0.2, 0.25) is 0 Å². The van der Waals surface area contributed by atoms with Crippen LogP contribution in [0.15, 0.2) is 0 Å². The molecule has 0 aromatic heterocycles. The summed E-state index contributed by atoms with van der Waals surface area (Å²) in [5.41, 5.74) is 0. The molecule has 26 heteroatoms. The third-order valence-electron chi connectivity index (χ3n) is 14.3. The third-order valence-corrected chi connectivity index (χ3v) is 14.3. The summed E-state index contributed by atoms with van der Waals surface area (Å²) in [5, 5.41) is 21.8. The largest absolute Gasteiger partial charge is 0.417 e. The summed E-state index contributed by atoms with van der Waals surface area (Å²) in [6, 6.07) is -17.6. The average Bonchev–Trinajstić information content (AvgIpc) is 3.36. The van der Waals surface area contributed by atoms with Crippen molar-refractivity contribution in [3.8, 4) is 0 Å². The van der Waals surface area contributed by atoms with Crippen LogP contribution in [0, 0.1) is 35.5 Å². The highest BCUT2D eigenvalue weighted by atomic mass is 19.4. The number of imide groups is 1. The van der Waals surface area contributed by atoms with Crippen LogP contribution in [0.1, 0.15) is 135 Å². The zero-order valence-corrected chi connectivity index (χ0v) is 51.4. The zero-order chi connectivity index (χ0) is 63.0. The number of carbonyl (C=O) groups is 11. The van der Waals surface area contributed by atoms with Crippen LogP contribution in [0.4, 0.5) is 18.0 Å². The van der Waals surface area contributed by atoms with E-state index in [0.29, 0.717) is 4.90 Å². The van der Waals surface area contributed by atoms with Crippen molar-refractivity contribution in [1.82, 2.24) is 56.0 Å². The van der Waals surface area contributed by atoms with Gasteiger partial charge in [-0.2, -0.15) is 13.2 Å². The lowest BCUT2D eigenvalue weighted by Gasteiger charge is -2.40. The number of aliphatic hydroxyl groups excluding tert-OH is 1. The zero-order valence-electron chi connectivity index (χ0n) is 51.4. The molecule has 12 amide bonds. The third kappa shape index (κ3) is 20.7. The van der Waals surface area contributed by atoms with Crippen LogP contribution in [-0.2, 0) is 47.9 Å². The van der Waals surface area contributed by atoms with Gasteiger partial charge in [0, 0.05) is 42.3 Å². The second-order valence-corrected chi connectivity index (χ2v) is 24.0. The molecule has 1 aliphatic heterocycles. The highest BCUT2D eigenvalue weighted by Crippen LogP contribution is 2.25. The normalized spacial score (nSPS) is 26.7. The molecular formula is C55H96F3N11O12. The van der Waals surface area contributed by atoms with Gasteiger partial charge in [0.05, 0.1) is 6.61 Å². The van der Waals surface area contributed by atoms with E-state index in [0.717, 1.165) is 21.7 Å². The highest BCUT2D eigenvalue weighted by molar-refractivity contribution is 6.02. The van der Waals surface area contributed by atoms with Crippen LogP contribution in [0.3, 0.4) is 0 Å². The van der Waals surface area contributed by atoms with Gasteiger partial charge in [-0.1, -0.05) is 90.0 Å². The molecule has 1 aliphatic rings. The van der Waals surface area contributed by atoms with E-state index in [1.807, 2.05) is 13.8 Å². The number of alkyl halides is 3. The number of halogens is 3. The quantitative estimate of drug-likeness (QED) is 0.155. The first-order valence-electron chi connectivity index (χ1n) is 28.0. The van der Waals surface area contributed by atoms with E-state index in [4.69, 9.17) is 0 Å². The summed E-state index contributed by atoms with van der Waals surface area (Å²) in [5.74, 6) is -12.7. The van der Waals surface area contributed by atoms with Crippen LogP contribution >= 0.6 is 0 Å². The fourth-order valence-electron chi connectivity index (χ4n) is 9.46. The predicted molar refractivity (Wildman–Crippen MR) is 297 cm³/mol. The van der Waals surface area contributed by atoms with Crippen molar-refractivity contribution in [3.63, 3.8) is 0 Å². The molecule has 81 heavy (non-hydrogen) atoms. The van der Waals surface area contributed by atoms with E-state index in [2.05, 4.69) is 21.3 Å². The summed E-state index contributed by atoms with van der Waals surface area (Å²) in [7, 11) is 7.58. The Morgan fingerprint density at radius 2 is 0.802 bits per heavy atom. The Balaban J connectivity index is 4.28. The van der Waals surface area contributed by atoms with Crippen LogP contribution in [0.5, 0.6) is 0 Å². The smallest absolute Gasteiger partial charge is 0.394 e. The molecule has 0 aromatic carbocycles. The lowest BCUT2D eigenvalue weighted by atomic mass is 9.96. The van der Waals surface area contributed by atoms with Gasteiger partial charge in [0.15, 0.2) is 0 Å². The summed E-state index contributed by atoms with van der Waals surface area (Å²) >= 11 is 0. The SMILES string of the molecule is CC[C@@H]1NC(=O)[C@H](CO)N(C)C(=O)[C@H](CC(C)C)N(C)C(=O)[C@H](CC(C)C)N(C)C(=O)[C@H](CC(C)C)N(C)C(=O)[C@@H](C)NC(=O)[C@H](CC(C)C)NC(=O)[C@@H](C(F)(F)F)NC(=O)[C@H](C(C)C)NC(=O)[C@H](CC(C)C)N(C)C(=O)N(C)C1=O.